The van der Waals surface area contributed by atoms with Crippen molar-refractivity contribution < 1.29 is 9.53 Å². The molecule has 4 nitrogen and oxygen atoms in total. The van der Waals surface area contributed by atoms with Crippen LogP contribution in [0.1, 0.15) is 17.3 Å². The number of aromatic nitrogens is 2. The van der Waals surface area contributed by atoms with Crippen molar-refractivity contribution in [2.45, 2.75) is 6.92 Å². The van der Waals surface area contributed by atoms with E-state index in [0.717, 1.165) is 15.6 Å². The Labute approximate surface area is 130 Å². The van der Waals surface area contributed by atoms with Gasteiger partial charge in [0.2, 0.25) is 0 Å². The zero-order chi connectivity index (χ0) is 14.8. The van der Waals surface area contributed by atoms with Crippen LogP contribution in [0.2, 0.25) is 0 Å². The average molecular weight is 345 g/mol. The number of benzene rings is 1. The van der Waals surface area contributed by atoms with Gasteiger partial charge < -0.3 is 4.74 Å². The summed E-state index contributed by atoms with van der Waals surface area (Å²) < 4.78 is 7.82. The standard InChI is InChI=1S/C16H13BrN2O2/c1-2-21-16(20)14-13-8-3-4-9-19(13)18-15(14)11-6-5-7-12(17)10-11/h3-10H,2H2,1H3. The first kappa shape index (κ1) is 13.8. The van der Waals surface area contributed by atoms with E-state index in [4.69, 9.17) is 4.74 Å². The molecule has 0 aliphatic rings. The lowest BCUT2D eigenvalue weighted by molar-refractivity contribution is 0.0529. The van der Waals surface area contributed by atoms with E-state index in [-0.39, 0.29) is 5.97 Å². The first-order valence-electron chi connectivity index (χ1n) is 6.61. The highest BCUT2D eigenvalue weighted by molar-refractivity contribution is 9.10. The van der Waals surface area contributed by atoms with Crippen LogP contribution in [-0.2, 0) is 4.74 Å². The molecule has 106 valence electrons. The molecule has 0 saturated heterocycles. The molecule has 0 saturated carbocycles. The van der Waals surface area contributed by atoms with Crippen molar-refractivity contribution in [1.82, 2.24) is 9.61 Å². The van der Waals surface area contributed by atoms with Gasteiger partial charge >= 0.3 is 5.97 Å². The zero-order valence-electron chi connectivity index (χ0n) is 11.4. The molecule has 0 bridgehead atoms. The van der Waals surface area contributed by atoms with Gasteiger partial charge in [0, 0.05) is 16.2 Å². The van der Waals surface area contributed by atoms with Crippen molar-refractivity contribution in [1.29, 1.82) is 0 Å². The highest BCUT2D eigenvalue weighted by Crippen LogP contribution is 2.28. The Morgan fingerprint density at radius 2 is 2.14 bits per heavy atom. The van der Waals surface area contributed by atoms with Crippen molar-refractivity contribution in [2.24, 2.45) is 0 Å². The van der Waals surface area contributed by atoms with E-state index in [0.29, 0.717) is 17.9 Å². The highest BCUT2D eigenvalue weighted by atomic mass is 79.9. The van der Waals surface area contributed by atoms with Gasteiger partial charge in [0.15, 0.2) is 0 Å². The molecule has 0 spiro atoms. The summed E-state index contributed by atoms with van der Waals surface area (Å²) in [7, 11) is 0. The third kappa shape index (κ3) is 2.56. The summed E-state index contributed by atoms with van der Waals surface area (Å²) in [4.78, 5) is 12.3. The molecule has 3 rings (SSSR count). The largest absolute Gasteiger partial charge is 0.462 e. The van der Waals surface area contributed by atoms with Crippen LogP contribution in [0.3, 0.4) is 0 Å². The Balaban J connectivity index is 2.26. The van der Waals surface area contributed by atoms with Crippen LogP contribution >= 0.6 is 15.9 Å². The van der Waals surface area contributed by atoms with Crippen molar-refractivity contribution in [3.05, 3.63) is 58.7 Å². The van der Waals surface area contributed by atoms with E-state index < -0.39 is 0 Å². The fourth-order valence-electron chi connectivity index (χ4n) is 2.24. The van der Waals surface area contributed by atoms with E-state index in [1.807, 2.05) is 48.7 Å². The molecular weight excluding hydrogens is 332 g/mol. The third-order valence-corrected chi connectivity index (χ3v) is 3.61. The first-order chi connectivity index (χ1) is 10.2. The number of hydrogen-bond acceptors (Lipinski definition) is 3. The summed E-state index contributed by atoms with van der Waals surface area (Å²) in [6.45, 7) is 2.13. The number of fused-ring (bicyclic) bond motifs is 1. The Morgan fingerprint density at radius 3 is 2.90 bits per heavy atom. The molecule has 0 unspecified atom stereocenters. The molecule has 21 heavy (non-hydrogen) atoms. The molecular formula is C16H13BrN2O2. The van der Waals surface area contributed by atoms with Gasteiger partial charge in [0.1, 0.15) is 11.3 Å². The minimum absolute atomic E-state index is 0.334. The number of carbonyl (C=O) groups is 1. The Hall–Kier alpha value is -2.14. The summed E-state index contributed by atoms with van der Waals surface area (Å²) in [5.41, 5.74) is 2.73. The van der Waals surface area contributed by atoms with Gasteiger partial charge in [-0.05, 0) is 31.2 Å². The summed E-state index contributed by atoms with van der Waals surface area (Å²) in [6, 6.07) is 13.3. The number of rotatable bonds is 3. The lowest BCUT2D eigenvalue weighted by Crippen LogP contribution is -2.05. The molecule has 3 aromatic rings. The average Bonchev–Trinajstić information content (AvgIpc) is 2.87. The number of nitrogens with zero attached hydrogens (tertiary/aromatic N) is 2. The second-order valence-electron chi connectivity index (χ2n) is 4.48. The number of carbonyl (C=O) groups excluding carboxylic acids is 1. The van der Waals surface area contributed by atoms with Gasteiger partial charge in [-0.15, -0.1) is 0 Å². The van der Waals surface area contributed by atoms with Gasteiger partial charge in [0.05, 0.1) is 12.1 Å². The maximum absolute atomic E-state index is 12.3. The molecule has 0 fully saturated rings. The predicted molar refractivity (Wildman–Crippen MR) is 84.3 cm³/mol. The molecule has 0 atom stereocenters. The number of hydrogen-bond donors (Lipinski definition) is 0. The second-order valence-corrected chi connectivity index (χ2v) is 5.40. The number of halogens is 1. The van der Waals surface area contributed by atoms with Crippen LogP contribution in [0, 0.1) is 0 Å². The highest BCUT2D eigenvalue weighted by Gasteiger charge is 2.21. The van der Waals surface area contributed by atoms with Gasteiger partial charge in [-0.3, -0.25) is 0 Å². The fourth-order valence-corrected chi connectivity index (χ4v) is 2.64. The smallest absolute Gasteiger partial charge is 0.342 e. The minimum atomic E-state index is -0.353. The molecule has 0 N–H and O–H groups in total. The van der Waals surface area contributed by atoms with Crippen molar-refractivity contribution in [3.8, 4) is 11.3 Å². The first-order valence-corrected chi connectivity index (χ1v) is 7.40. The molecule has 1 aromatic carbocycles. The van der Waals surface area contributed by atoms with Crippen LogP contribution in [0.25, 0.3) is 16.8 Å². The van der Waals surface area contributed by atoms with E-state index >= 15 is 0 Å². The third-order valence-electron chi connectivity index (χ3n) is 3.12. The normalized spacial score (nSPS) is 10.8. The SMILES string of the molecule is CCOC(=O)c1c(-c2cccc(Br)c2)nn2ccccc12. The quantitative estimate of drug-likeness (QED) is 0.676. The lowest BCUT2D eigenvalue weighted by atomic mass is 10.1. The van der Waals surface area contributed by atoms with E-state index in [1.165, 1.54) is 0 Å². The summed E-state index contributed by atoms with van der Waals surface area (Å²) in [5, 5.41) is 4.52. The van der Waals surface area contributed by atoms with Crippen molar-refractivity contribution in [3.63, 3.8) is 0 Å². The Kier molecular flexibility index (Phi) is 3.75. The number of esters is 1. The zero-order valence-corrected chi connectivity index (χ0v) is 13.0. The molecule has 0 aliphatic heterocycles. The maximum atomic E-state index is 12.3. The molecule has 2 aromatic heterocycles. The van der Waals surface area contributed by atoms with Crippen LogP contribution in [0.4, 0.5) is 0 Å². The number of pyridine rings is 1. The topological polar surface area (TPSA) is 43.6 Å². The van der Waals surface area contributed by atoms with Crippen LogP contribution in [0.15, 0.2) is 53.1 Å². The summed E-state index contributed by atoms with van der Waals surface area (Å²) in [5.74, 6) is -0.353. The fraction of sp³-hybridized carbons (Fsp3) is 0.125. The van der Waals surface area contributed by atoms with Gasteiger partial charge in [0.25, 0.3) is 0 Å². The monoisotopic (exact) mass is 344 g/mol. The molecule has 2 heterocycles. The van der Waals surface area contributed by atoms with E-state index in [1.54, 1.807) is 11.4 Å². The maximum Gasteiger partial charge on any atom is 0.342 e. The molecule has 0 amide bonds. The minimum Gasteiger partial charge on any atom is -0.462 e. The van der Waals surface area contributed by atoms with E-state index in [2.05, 4.69) is 21.0 Å². The Morgan fingerprint density at radius 1 is 1.29 bits per heavy atom. The van der Waals surface area contributed by atoms with Crippen LogP contribution < -0.4 is 0 Å². The van der Waals surface area contributed by atoms with Crippen molar-refractivity contribution in [2.75, 3.05) is 6.61 Å². The molecule has 0 aliphatic carbocycles. The Bertz CT molecular complexity index is 811. The van der Waals surface area contributed by atoms with Crippen LogP contribution in [-0.4, -0.2) is 22.2 Å². The van der Waals surface area contributed by atoms with Crippen molar-refractivity contribution >= 4 is 27.4 Å². The molecule has 5 heteroatoms. The van der Waals surface area contributed by atoms with Gasteiger partial charge in [-0.1, -0.05) is 34.1 Å². The summed E-state index contributed by atoms with van der Waals surface area (Å²) in [6.07, 6.45) is 1.82. The second kappa shape index (κ2) is 5.69. The lowest BCUT2D eigenvalue weighted by Gasteiger charge is -2.03. The van der Waals surface area contributed by atoms with Gasteiger partial charge in [-0.25, -0.2) is 9.31 Å². The van der Waals surface area contributed by atoms with Crippen LogP contribution in [0.5, 0.6) is 0 Å². The van der Waals surface area contributed by atoms with Gasteiger partial charge in [-0.2, -0.15) is 5.10 Å². The number of ether oxygens (including phenoxy) is 1. The predicted octanol–water partition coefficient (Wildman–Crippen LogP) is 3.94. The molecule has 0 radical (unpaired) electrons. The van der Waals surface area contributed by atoms with E-state index in [9.17, 15) is 4.79 Å². The summed E-state index contributed by atoms with van der Waals surface area (Å²) >= 11 is 3.44.